The molecule has 0 spiro atoms. The van der Waals surface area contributed by atoms with Crippen molar-refractivity contribution < 1.29 is 9.59 Å². The first kappa shape index (κ1) is 15.5. The largest absolute Gasteiger partial charge is 0.341 e. The molecule has 2 fully saturated rings. The number of carbonyl (C=O) groups is 2. The van der Waals surface area contributed by atoms with E-state index < -0.39 is 0 Å². The number of amides is 2. The van der Waals surface area contributed by atoms with E-state index in [0.717, 1.165) is 36.8 Å². The van der Waals surface area contributed by atoms with E-state index in [1.165, 1.54) is 5.56 Å². The predicted octanol–water partition coefficient (Wildman–Crippen LogP) is 2.63. The Labute approximate surface area is 139 Å². The maximum atomic E-state index is 12.5. The van der Waals surface area contributed by atoms with E-state index in [1.807, 2.05) is 17.0 Å². The third kappa shape index (κ3) is 3.35. The molecule has 1 aromatic carbocycles. The highest BCUT2D eigenvalue weighted by Crippen LogP contribution is 2.48. The van der Waals surface area contributed by atoms with E-state index in [-0.39, 0.29) is 24.3 Å². The van der Waals surface area contributed by atoms with Gasteiger partial charge < -0.3 is 9.80 Å². The highest BCUT2D eigenvalue weighted by molar-refractivity contribution is 9.10. The average molecular weight is 365 g/mol. The van der Waals surface area contributed by atoms with Crippen LogP contribution < -0.4 is 0 Å². The second-order valence-electron chi connectivity index (χ2n) is 6.29. The Bertz CT molecular complexity index is 584. The molecule has 22 heavy (non-hydrogen) atoms. The fraction of sp³-hybridized carbons (Fsp3) is 0.529. The first-order chi connectivity index (χ1) is 10.6. The Morgan fingerprint density at radius 3 is 2.73 bits per heavy atom. The zero-order valence-corrected chi connectivity index (χ0v) is 14.4. The molecule has 4 nitrogen and oxygen atoms in total. The predicted molar refractivity (Wildman–Crippen MR) is 88.4 cm³/mol. The van der Waals surface area contributed by atoms with Crippen molar-refractivity contribution in [2.24, 2.45) is 5.92 Å². The zero-order chi connectivity index (χ0) is 15.7. The number of hydrogen-bond donors (Lipinski definition) is 0. The van der Waals surface area contributed by atoms with Gasteiger partial charge in [0, 0.05) is 30.5 Å². The van der Waals surface area contributed by atoms with Crippen molar-refractivity contribution in [3.8, 4) is 0 Å². The number of benzene rings is 1. The Balaban J connectivity index is 1.55. The maximum Gasteiger partial charge on any atom is 0.242 e. The summed E-state index contributed by atoms with van der Waals surface area (Å²) in [5, 5.41) is 0. The van der Waals surface area contributed by atoms with E-state index in [9.17, 15) is 9.59 Å². The van der Waals surface area contributed by atoms with Gasteiger partial charge in [-0.2, -0.15) is 0 Å². The van der Waals surface area contributed by atoms with Crippen molar-refractivity contribution in [1.82, 2.24) is 9.80 Å². The summed E-state index contributed by atoms with van der Waals surface area (Å²) >= 11 is 3.47. The van der Waals surface area contributed by atoms with Gasteiger partial charge in [-0.3, -0.25) is 9.59 Å². The zero-order valence-electron chi connectivity index (χ0n) is 12.8. The molecule has 0 bridgehead atoms. The monoisotopic (exact) mass is 364 g/mol. The van der Waals surface area contributed by atoms with Crippen molar-refractivity contribution in [3.05, 3.63) is 34.3 Å². The molecule has 1 aliphatic heterocycles. The van der Waals surface area contributed by atoms with Gasteiger partial charge in [0.1, 0.15) is 0 Å². The second-order valence-corrected chi connectivity index (χ2v) is 7.20. The molecule has 2 amide bonds. The molecule has 0 aromatic heterocycles. The fourth-order valence-corrected chi connectivity index (χ4v) is 3.62. The van der Waals surface area contributed by atoms with Gasteiger partial charge in [0.05, 0.1) is 6.54 Å². The first-order valence-corrected chi connectivity index (χ1v) is 8.64. The number of nitrogens with zero attached hydrogens (tertiary/aromatic N) is 2. The quantitative estimate of drug-likeness (QED) is 0.823. The van der Waals surface area contributed by atoms with Crippen LogP contribution >= 0.6 is 15.9 Å². The summed E-state index contributed by atoms with van der Waals surface area (Å²) in [6.45, 7) is 1.89. The van der Waals surface area contributed by atoms with E-state index >= 15 is 0 Å². The molecule has 0 radical (unpaired) electrons. The van der Waals surface area contributed by atoms with Crippen LogP contribution in [0.3, 0.4) is 0 Å². The lowest BCUT2D eigenvalue weighted by Crippen LogP contribution is -2.40. The number of rotatable bonds is 4. The molecule has 1 saturated heterocycles. The summed E-state index contributed by atoms with van der Waals surface area (Å²) in [5.41, 5.74) is 1.20. The first-order valence-electron chi connectivity index (χ1n) is 7.84. The van der Waals surface area contributed by atoms with Crippen LogP contribution in [0.2, 0.25) is 0 Å². The molecular formula is C17H21BrN2O2. The second kappa shape index (κ2) is 6.41. The molecule has 0 unspecified atom stereocenters. The minimum absolute atomic E-state index is 0.0330. The molecule has 5 heteroatoms. The summed E-state index contributed by atoms with van der Waals surface area (Å²) in [4.78, 5) is 28.1. The molecule has 2 atom stereocenters. The van der Waals surface area contributed by atoms with Crippen LogP contribution in [-0.2, 0) is 9.59 Å². The van der Waals surface area contributed by atoms with Crippen molar-refractivity contribution in [1.29, 1.82) is 0 Å². The maximum absolute atomic E-state index is 12.5. The third-order valence-corrected chi connectivity index (χ3v) is 5.09. The number of likely N-dealkylation sites (tertiary alicyclic amines) is 1. The Morgan fingerprint density at radius 1 is 1.32 bits per heavy atom. The summed E-state index contributed by atoms with van der Waals surface area (Å²) < 4.78 is 1.04. The van der Waals surface area contributed by atoms with Crippen LogP contribution in [0.4, 0.5) is 0 Å². The van der Waals surface area contributed by atoms with Gasteiger partial charge in [-0.25, -0.2) is 0 Å². The molecule has 118 valence electrons. The average Bonchev–Trinajstić information content (AvgIpc) is 3.10. The number of hydrogen-bond acceptors (Lipinski definition) is 2. The number of carbonyl (C=O) groups excluding carboxylic acids is 2. The lowest BCUT2D eigenvalue weighted by Gasteiger charge is -2.21. The highest BCUT2D eigenvalue weighted by atomic mass is 79.9. The third-order valence-electron chi connectivity index (χ3n) is 4.59. The molecule has 1 saturated carbocycles. The Morgan fingerprint density at radius 2 is 2.05 bits per heavy atom. The SMILES string of the molecule is CN(CC(=O)N1CCCC1)C(=O)[C@H]1C[C@@H]1c1cccc(Br)c1. The van der Waals surface area contributed by atoms with Gasteiger partial charge in [-0.15, -0.1) is 0 Å². The minimum Gasteiger partial charge on any atom is -0.341 e. The smallest absolute Gasteiger partial charge is 0.242 e. The van der Waals surface area contributed by atoms with Crippen molar-refractivity contribution >= 4 is 27.7 Å². The van der Waals surface area contributed by atoms with Crippen LogP contribution in [0.5, 0.6) is 0 Å². The number of halogens is 1. The summed E-state index contributed by atoms with van der Waals surface area (Å²) in [6.07, 6.45) is 3.05. The highest BCUT2D eigenvalue weighted by Gasteiger charge is 2.45. The van der Waals surface area contributed by atoms with Gasteiger partial charge in [-0.1, -0.05) is 28.1 Å². The van der Waals surface area contributed by atoms with E-state index in [0.29, 0.717) is 5.92 Å². The fourth-order valence-electron chi connectivity index (χ4n) is 3.20. The lowest BCUT2D eigenvalue weighted by atomic mass is 10.1. The minimum atomic E-state index is 0.0330. The number of likely N-dealkylation sites (N-methyl/N-ethyl adjacent to an activating group) is 1. The Kier molecular flexibility index (Phi) is 4.52. The van der Waals surface area contributed by atoms with Crippen molar-refractivity contribution in [3.63, 3.8) is 0 Å². The van der Waals surface area contributed by atoms with Crippen molar-refractivity contribution in [2.45, 2.75) is 25.2 Å². The molecular weight excluding hydrogens is 344 g/mol. The lowest BCUT2D eigenvalue weighted by molar-refractivity contribution is -0.139. The van der Waals surface area contributed by atoms with Gasteiger partial charge in [0.25, 0.3) is 0 Å². The molecule has 3 rings (SSSR count). The Hall–Kier alpha value is -1.36. The van der Waals surface area contributed by atoms with E-state index in [1.54, 1.807) is 11.9 Å². The summed E-state index contributed by atoms with van der Waals surface area (Å²) in [6, 6.07) is 8.13. The molecule has 2 aliphatic rings. The van der Waals surface area contributed by atoms with Gasteiger partial charge in [0.15, 0.2) is 0 Å². The molecule has 1 heterocycles. The van der Waals surface area contributed by atoms with Crippen LogP contribution in [0.25, 0.3) is 0 Å². The standard InChI is InChI=1S/C17H21BrN2O2/c1-19(11-16(21)20-7-2-3-8-20)17(22)15-10-14(15)12-5-4-6-13(18)9-12/h4-6,9,14-15H,2-3,7-8,10-11H2,1H3/t14-,15+/m1/s1. The van der Waals surface area contributed by atoms with Gasteiger partial charge in [0.2, 0.25) is 11.8 Å². The van der Waals surface area contributed by atoms with Crippen LogP contribution in [0.15, 0.2) is 28.7 Å². The van der Waals surface area contributed by atoms with E-state index in [4.69, 9.17) is 0 Å². The molecule has 0 N–H and O–H groups in total. The van der Waals surface area contributed by atoms with Crippen LogP contribution in [0.1, 0.15) is 30.7 Å². The van der Waals surface area contributed by atoms with Crippen LogP contribution in [-0.4, -0.2) is 48.3 Å². The molecule has 1 aliphatic carbocycles. The van der Waals surface area contributed by atoms with E-state index in [2.05, 4.69) is 28.1 Å². The summed E-state index contributed by atoms with van der Waals surface area (Å²) in [5.74, 6) is 0.505. The summed E-state index contributed by atoms with van der Waals surface area (Å²) in [7, 11) is 1.74. The van der Waals surface area contributed by atoms with Gasteiger partial charge >= 0.3 is 0 Å². The van der Waals surface area contributed by atoms with Crippen molar-refractivity contribution in [2.75, 3.05) is 26.7 Å². The topological polar surface area (TPSA) is 40.6 Å². The van der Waals surface area contributed by atoms with Gasteiger partial charge in [-0.05, 0) is 42.9 Å². The van der Waals surface area contributed by atoms with Crippen LogP contribution in [0, 0.1) is 5.92 Å². The normalized spacial score (nSPS) is 23.5. The molecule has 1 aromatic rings.